The largest absolute Gasteiger partial charge is 0.481 e. The molecule has 2 rings (SSSR count). The van der Waals surface area contributed by atoms with Gasteiger partial charge in [-0.15, -0.1) is 0 Å². The molecule has 1 saturated heterocycles. The molecule has 8 heteroatoms. The summed E-state index contributed by atoms with van der Waals surface area (Å²) in [6.45, 7) is 2.20. The van der Waals surface area contributed by atoms with Crippen LogP contribution in [0.3, 0.4) is 0 Å². The number of carbonyl (C=O) groups is 1. The van der Waals surface area contributed by atoms with Crippen molar-refractivity contribution < 1.29 is 23.1 Å². The Balaban J connectivity index is 2.22. The highest BCUT2D eigenvalue weighted by atomic mass is 19.4. The summed E-state index contributed by atoms with van der Waals surface area (Å²) >= 11 is 0. The molecule has 0 aromatic carbocycles. The molecular formula is C11H12F3N3O2. The molecule has 2 heterocycles. The van der Waals surface area contributed by atoms with Crippen molar-refractivity contribution in [2.24, 2.45) is 11.8 Å². The Kier molecular flexibility index (Phi) is 3.34. The number of carboxylic acid groups (broad SMARTS) is 1. The van der Waals surface area contributed by atoms with Gasteiger partial charge in [0.1, 0.15) is 5.69 Å². The van der Waals surface area contributed by atoms with E-state index in [4.69, 9.17) is 5.11 Å². The topological polar surface area (TPSA) is 66.3 Å². The Bertz CT molecular complexity index is 492. The Morgan fingerprint density at radius 1 is 1.47 bits per heavy atom. The van der Waals surface area contributed by atoms with Crippen molar-refractivity contribution in [3.8, 4) is 0 Å². The van der Waals surface area contributed by atoms with E-state index in [0.717, 1.165) is 12.3 Å². The van der Waals surface area contributed by atoms with Crippen LogP contribution in [-0.4, -0.2) is 34.1 Å². The smallest absolute Gasteiger partial charge is 0.433 e. The van der Waals surface area contributed by atoms with Gasteiger partial charge in [-0.1, -0.05) is 6.92 Å². The number of nitrogens with zero attached hydrogens (tertiary/aromatic N) is 3. The minimum atomic E-state index is -4.53. The number of alkyl halides is 3. The summed E-state index contributed by atoms with van der Waals surface area (Å²) in [5.41, 5.74) is -1.02. The Morgan fingerprint density at radius 3 is 2.68 bits per heavy atom. The molecule has 2 atom stereocenters. The summed E-state index contributed by atoms with van der Waals surface area (Å²) in [7, 11) is 0. The summed E-state index contributed by atoms with van der Waals surface area (Å²) in [4.78, 5) is 19.7. The van der Waals surface area contributed by atoms with Crippen LogP contribution >= 0.6 is 0 Å². The van der Waals surface area contributed by atoms with E-state index in [2.05, 4.69) is 9.97 Å². The van der Waals surface area contributed by atoms with Gasteiger partial charge in [0.05, 0.1) is 5.92 Å². The van der Waals surface area contributed by atoms with E-state index in [1.54, 1.807) is 6.92 Å². The average molecular weight is 275 g/mol. The lowest BCUT2D eigenvalue weighted by Gasteiger charge is -2.16. The summed E-state index contributed by atoms with van der Waals surface area (Å²) in [5, 5.41) is 8.98. The third kappa shape index (κ3) is 2.77. The van der Waals surface area contributed by atoms with E-state index >= 15 is 0 Å². The van der Waals surface area contributed by atoms with Crippen molar-refractivity contribution >= 4 is 11.9 Å². The lowest BCUT2D eigenvalue weighted by molar-refractivity contribution is -0.142. The van der Waals surface area contributed by atoms with Gasteiger partial charge in [0, 0.05) is 19.3 Å². The maximum atomic E-state index is 12.5. The molecule has 0 aliphatic carbocycles. The first-order chi connectivity index (χ1) is 8.79. The standard InChI is InChI=1S/C11H12F3N3O2/c1-6-4-17(5-7(6)9(18)19)10-15-3-2-8(16-10)11(12,13)14/h2-3,6-7H,4-5H2,1H3,(H,18,19). The van der Waals surface area contributed by atoms with E-state index in [1.165, 1.54) is 4.90 Å². The number of anilines is 1. The van der Waals surface area contributed by atoms with Crippen molar-refractivity contribution in [3.63, 3.8) is 0 Å². The van der Waals surface area contributed by atoms with Gasteiger partial charge >= 0.3 is 12.1 Å². The van der Waals surface area contributed by atoms with Crippen LogP contribution in [-0.2, 0) is 11.0 Å². The SMILES string of the molecule is CC1CN(c2nccc(C(F)(F)F)n2)CC1C(=O)O. The van der Waals surface area contributed by atoms with Gasteiger partial charge in [-0.2, -0.15) is 13.2 Å². The molecule has 0 radical (unpaired) electrons. The molecule has 2 unspecified atom stereocenters. The van der Waals surface area contributed by atoms with Crippen molar-refractivity contribution in [3.05, 3.63) is 18.0 Å². The average Bonchev–Trinajstić information content (AvgIpc) is 2.70. The summed E-state index contributed by atoms with van der Waals surface area (Å²) < 4.78 is 37.6. The molecule has 5 nitrogen and oxygen atoms in total. The first-order valence-electron chi connectivity index (χ1n) is 5.67. The fourth-order valence-corrected chi connectivity index (χ4v) is 2.11. The van der Waals surface area contributed by atoms with Crippen LogP contribution in [0.1, 0.15) is 12.6 Å². The van der Waals surface area contributed by atoms with Gasteiger partial charge in [0.25, 0.3) is 0 Å². The molecule has 104 valence electrons. The van der Waals surface area contributed by atoms with E-state index in [-0.39, 0.29) is 18.4 Å². The number of hydrogen-bond donors (Lipinski definition) is 1. The number of rotatable bonds is 2. The van der Waals surface area contributed by atoms with Gasteiger partial charge in [0.15, 0.2) is 0 Å². The Morgan fingerprint density at radius 2 is 2.16 bits per heavy atom. The van der Waals surface area contributed by atoms with Crippen LogP contribution < -0.4 is 4.90 Å². The lowest BCUT2D eigenvalue weighted by Crippen LogP contribution is -2.25. The second kappa shape index (κ2) is 4.67. The third-order valence-electron chi connectivity index (χ3n) is 3.15. The van der Waals surface area contributed by atoms with E-state index in [1.807, 2.05) is 0 Å². The predicted molar refractivity (Wildman–Crippen MR) is 59.5 cm³/mol. The third-order valence-corrected chi connectivity index (χ3v) is 3.15. The summed E-state index contributed by atoms with van der Waals surface area (Å²) in [6, 6.07) is 0.789. The zero-order valence-corrected chi connectivity index (χ0v) is 10.1. The van der Waals surface area contributed by atoms with E-state index in [0.29, 0.717) is 6.54 Å². The molecule has 0 bridgehead atoms. The molecule has 1 aromatic heterocycles. The zero-order chi connectivity index (χ0) is 14.2. The Labute approximate surface area is 107 Å². The number of hydrogen-bond acceptors (Lipinski definition) is 4. The predicted octanol–water partition coefficient (Wildman–Crippen LogP) is 1.65. The van der Waals surface area contributed by atoms with Crippen LogP contribution in [0.4, 0.5) is 19.1 Å². The van der Waals surface area contributed by atoms with Crippen LogP contribution in [0.25, 0.3) is 0 Å². The lowest BCUT2D eigenvalue weighted by atomic mass is 9.99. The van der Waals surface area contributed by atoms with Gasteiger partial charge < -0.3 is 10.0 Å². The zero-order valence-electron chi connectivity index (χ0n) is 10.1. The fourth-order valence-electron chi connectivity index (χ4n) is 2.11. The first-order valence-corrected chi connectivity index (χ1v) is 5.67. The molecule has 0 saturated carbocycles. The van der Waals surface area contributed by atoms with Crippen LogP contribution in [0, 0.1) is 11.8 Å². The minimum absolute atomic E-state index is 0.0783. The van der Waals surface area contributed by atoms with Crippen molar-refractivity contribution in [2.45, 2.75) is 13.1 Å². The van der Waals surface area contributed by atoms with Crippen LogP contribution in [0.5, 0.6) is 0 Å². The number of aliphatic carboxylic acids is 1. The Hall–Kier alpha value is -1.86. The molecule has 19 heavy (non-hydrogen) atoms. The van der Waals surface area contributed by atoms with E-state index in [9.17, 15) is 18.0 Å². The van der Waals surface area contributed by atoms with Gasteiger partial charge in [-0.3, -0.25) is 4.79 Å². The number of halogens is 3. The second-order valence-corrected chi connectivity index (χ2v) is 4.57. The quantitative estimate of drug-likeness (QED) is 0.889. The normalized spacial score (nSPS) is 23.7. The van der Waals surface area contributed by atoms with Crippen molar-refractivity contribution in [1.29, 1.82) is 0 Å². The van der Waals surface area contributed by atoms with Gasteiger partial charge in [-0.25, -0.2) is 9.97 Å². The van der Waals surface area contributed by atoms with Gasteiger partial charge in [0.2, 0.25) is 5.95 Å². The highest BCUT2D eigenvalue weighted by molar-refractivity contribution is 5.72. The van der Waals surface area contributed by atoms with E-state index < -0.39 is 23.8 Å². The van der Waals surface area contributed by atoms with Crippen molar-refractivity contribution in [2.75, 3.05) is 18.0 Å². The highest BCUT2D eigenvalue weighted by Crippen LogP contribution is 2.30. The molecule has 0 spiro atoms. The first kappa shape index (κ1) is 13.6. The summed E-state index contributed by atoms with van der Waals surface area (Å²) in [6.07, 6.45) is -3.50. The molecular weight excluding hydrogens is 263 g/mol. The maximum Gasteiger partial charge on any atom is 0.433 e. The van der Waals surface area contributed by atoms with Crippen molar-refractivity contribution in [1.82, 2.24) is 9.97 Å². The van der Waals surface area contributed by atoms with Crippen LogP contribution in [0.15, 0.2) is 12.3 Å². The molecule has 1 aliphatic heterocycles. The minimum Gasteiger partial charge on any atom is -0.481 e. The maximum absolute atomic E-state index is 12.5. The second-order valence-electron chi connectivity index (χ2n) is 4.57. The van der Waals surface area contributed by atoms with Crippen LogP contribution in [0.2, 0.25) is 0 Å². The molecule has 0 amide bonds. The molecule has 1 fully saturated rings. The monoisotopic (exact) mass is 275 g/mol. The molecule has 1 N–H and O–H groups in total. The number of aromatic nitrogens is 2. The molecule has 1 aromatic rings. The number of carboxylic acids is 1. The molecule has 1 aliphatic rings. The fraction of sp³-hybridized carbons (Fsp3) is 0.545. The summed E-state index contributed by atoms with van der Waals surface area (Å²) in [5.74, 6) is -1.80. The van der Waals surface area contributed by atoms with Gasteiger partial charge in [-0.05, 0) is 12.0 Å². The highest BCUT2D eigenvalue weighted by Gasteiger charge is 2.37.